The van der Waals surface area contributed by atoms with Gasteiger partial charge in [0.05, 0.1) is 7.11 Å². The first-order valence-electron chi connectivity index (χ1n) is 6.40. The molecular formula is C15H23NO2. The van der Waals surface area contributed by atoms with Crippen LogP contribution in [0.15, 0.2) is 18.2 Å². The fourth-order valence-corrected chi connectivity index (χ4v) is 2.11. The molecule has 0 aromatic heterocycles. The molecule has 3 nitrogen and oxygen atoms in total. The van der Waals surface area contributed by atoms with Crippen LogP contribution in [0.2, 0.25) is 0 Å². The van der Waals surface area contributed by atoms with Gasteiger partial charge in [-0.1, -0.05) is 25.1 Å². The van der Waals surface area contributed by atoms with Crippen LogP contribution in [0.1, 0.15) is 42.4 Å². The minimum atomic E-state index is -0.540. The van der Waals surface area contributed by atoms with E-state index in [1.54, 1.807) is 0 Å². The first kappa shape index (κ1) is 14.7. The van der Waals surface area contributed by atoms with E-state index in [9.17, 15) is 4.79 Å². The Labute approximate surface area is 109 Å². The number of aryl methyl sites for hydroxylation is 2. The van der Waals surface area contributed by atoms with Crippen LogP contribution in [-0.4, -0.2) is 19.1 Å². The number of carbonyl (C=O) groups is 1. The van der Waals surface area contributed by atoms with Gasteiger partial charge in [-0.05, 0) is 49.3 Å². The molecule has 2 atom stereocenters. The van der Waals surface area contributed by atoms with E-state index in [0.29, 0.717) is 12.3 Å². The smallest absolute Gasteiger partial charge is 0.322 e. The number of nitrogens with two attached hydrogens (primary N) is 1. The summed E-state index contributed by atoms with van der Waals surface area (Å²) in [7, 11) is 1.37. The van der Waals surface area contributed by atoms with Crippen molar-refractivity contribution in [1.82, 2.24) is 0 Å². The van der Waals surface area contributed by atoms with Crippen LogP contribution in [0.5, 0.6) is 0 Å². The summed E-state index contributed by atoms with van der Waals surface area (Å²) in [6.07, 6.45) is 1.60. The van der Waals surface area contributed by atoms with Crippen LogP contribution in [-0.2, 0) is 9.53 Å². The lowest BCUT2D eigenvalue weighted by Gasteiger charge is -2.19. The second kappa shape index (κ2) is 6.55. The van der Waals surface area contributed by atoms with Crippen molar-refractivity contribution >= 4 is 5.97 Å². The largest absolute Gasteiger partial charge is 0.468 e. The quantitative estimate of drug-likeness (QED) is 0.816. The Kier molecular flexibility index (Phi) is 5.35. The lowest BCUT2D eigenvalue weighted by Crippen LogP contribution is -2.33. The number of carbonyl (C=O) groups excluding carboxylic acids is 1. The van der Waals surface area contributed by atoms with E-state index in [0.717, 1.165) is 6.42 Å². The Bertz CT molecular complexity index is 415. The third-order valence-corrected chi connectivity index (χ3v) is 3.54. The van der Waals surface area contributed by atoms with Crippen molar-refractivity contribution in [2.24, 2.45) is 5.73 Å². The number of esters is 1. The summed E-state index contributed by atoms with van der Waals surface area (Å²) in [4.78, 5) is 11.4. The van der Waals surface area contributed by atoms with Gasteiger partial charge >= 0.3 is 5.97 Å². The molecule has 1 aromatic rings. The van der Waals surface area contributed by atoms with Gasteiger partial charge in [0, 0.05) is 0 Å². The van der Waals surface area contributed by atoms with Gasteiger partial charge in [-0.25, -0.2) is 0 Å². The SMILES string of the molecule is CCC(CC(N)C(=O)OC)c1ccc(C)c(C)c1. The first-order valence-corrected chi connectivity index (χ1v) is 6.40. The Morgan fingerprint density at radius 3 is 2.50 bits per heavy atom. The molecule has 0 bridgehead atoms. The highest BCUT2D eigenvalue weighted by Crippen LogP contribution is 2.26. The average Bonchev–Trinajstić information content (AvgIpc) is 2.38. The third-order valence-electron chi connectivity index (χ3n) is 3.54. The predicted octanol–water partition coefficient (Wildman–Crippen LogP) is 2.69. The normalized spacial score (nSPS) is 14.1. The van der Waals surface area contributed by atoms with E-state index in [-0.39, 0.29) is 5.97 Å². The van der Waals surface area contributed by atoms with Gasteiger partial charge < -0.3 is 10.5 Å². The first-order chi connectivity index (χ1) is 8.49. The molecule has 0 aliphatic carbocycles. The molecule has 0 saturated carbocycles. The Balaban J connectivity index is 2.82. The molecule has 3 heteroatoms. The molecule has 0 heterocycles. The van der Waals surface area contributed by atoms with E-state index in [4.69, 9.17) is 5.73 Å². The van der Waals surface area contributed by atoms with Crippen LogP contribution >= 0.6 is 0 Å². The van der Waals surface area contributed by atoms with Gasteiger partial charge in [0.15, 0.2) is 0 Å². The summed E-state index contributed by atoms with van der Waals surface area (Å²) < 4.78 is 4.67. The van der Waals surface area contributed by atoms with E-state index in [1.165, 1.54) is 23.8 Å². The minimum absolute atomic E-state index is 0.304. The van der Waals surface area contributed by atoms with Gasteiger partial charge in [0.1, 0.15) is 6.04 Å². The van der Waals surface area contributed by atoms with Crippen molar-refractivity contribution in [3.05, 3.63) is 34.9 Å². The summed E-state index contributed by atoms with van der Waals surface area (Å²) in [5.74, 6) is -0.0318. The molecule has 2 unspecified atom stereocenters. The molecule has 0 fully saturated rings. The molecule has 100 valence electrons. The lowest BCUT2D eigenvalue weighted by atomic mass is 9.88. The predicted molar refractivity (Wildman–Crippen MR) is 73.6 cm³/mol. The molecule has 0 spiro atoms. The zero-order chi connectivity index (χ0) is 13.7. The van der Waals surface area contributed by atoms with Crippen LogP contribution in [0.3, 0.4) is 0 Å². The number of hydrogen-bond donors (Lipinski definition) is 1. The van der Waals surface area contributed by atoms with Crippen LogP contribution < -0.4 is 5.73 Å². The van der Waals surface area contributed by atoms with Crippen LogP contribution in [0.25, 0.3) is 0 Å². The molecule has 0 radical (unpaired) electrons. The second-order valence-corrected chi connectivity index (χ2v) is 4.81. The highest BCUT2D eigenvalue weighted by atomic mass is 16.5. The molecule has 0 saturated heterocycles. The number of methoxy groups -OCH3 is 1. The fraction of sp³-hybridized carbons (Fsp3) is 0.533. The second-order valence-electron chi connectivity index (χ2n) is 4.81. The standard InChI is InChI=1S/C15H23NO2/c1-5-12(9-14(16)15(17)18-4)13-7-6-10(2)11(3)8-13/h6-8,12,14H,5,9,16H2,1-4H3. The van der Waals surface area contributed by atoms with Crippen molar-refractivity contribution in [3.8, 4) is 0 Å². The maximum atomic E-state index is 11.4. The van der Waals surface area contributed by atoms with Crippen molar-refractivity contribution < 1.29 is 9.53 Å². The molecule has 1 aromatic carbocycles. The Morgan fingerprint density at radius 1 is 1.33 bits per heavy atom. The highest BCUT2D eigenvalue weighted by molar-refractivity contribution is 5.75. The molecule has 0 aliphatic rings. The van der Waals surface area contributed by atoms with Crippen molar-refractivity contribution in [1.29, 1.82) is 0 Å². The van der Waals surface area contributed by atoms with Crippen molar-refractivity contribution in [3.63, 3.8) is 0 Å². The van der Waals surface area contributed by atoms with E-state index in [2.05, 4.69) is 43.7 Å². The minimum Gasteiger partial charge on any atom is -0.468 e. The summed E-state index contributed by atoms with van der Waals surface area (Å²) in [5.41, 5.74) is 9.64. The van der Waals surface area contributed by atoms with E-state index in [1.807, 2.05) is 0 Å². The van der Waals surface area contributed by atoms with Gasteiger partial charge in [0.2, 0.25) is 0 Å². The lowest BCUT2D eigenvalue weighted by molar-refractivity contribution is -0.142. The van der Waals surface area contributed by atoms with Gasteiger partial charge in [-0.2, -0.15) is 0 Å². The average molecular weight is 249 g/mol. The zero-order valence-corrected chi connectivity index (χ0v) is 11.7. The zero-order valence-electron chi connectivity index (χ0n) is 11.7. The maximum Gasteiger partial charge on any atom is 0.322 e. The van der Waals surface area contributed by atoms with Gasteiger partial charge in [0.25, 0.3) is 0 Å². The topological polar surface area (TPSA) is 52.3 Å². The summed E-state index contributed by atoms with van der Waals surface area (Å²) in [6, 6.07) is 5.90. The highest BCUT2D eigenvalue weighted by Gasteiger charge is 2.20. The van der Waals surface area contributed by atoms with Crippen molar-refractivity contribution in [2.75, 3.05) is 7.11 Å². The number of rotatable bonds is 5. The third kappa shape index (κ3) is 3.57. The summed E-state index contributed by atoms with van der Waals surface area (Å²) in [5, 5.41) is 0. The Morgan fingerprint density at radius 2 is 2.00 bits per heavy atom. The summed E-state index contributed by atoms with van der Waals surface area (Å²) >= 11 is 0. The summed E-state index contributed by atoms with van der Waals surface area (Å²) in [6.45, 7) is 6.32. The maximum absolute atomic E-state index is 11.4. The van der Waals surface area contributed by atoms with Gasteiger partial charge in [-0.3, -0.25) is 4.79 Å². The molecular weight excluding hydrogens is 226 g/mol. The van der Waals surface area contributed by atoms with E-state index < -0.39 is 6.04 Å². The van der Waals surface area contributed by atoms with E-state index >= 15 is 0 Å². The van der Waals surface area contributed by atoms with Crippen LogP contribution in [0, 0.1) is 13.8 Å². The molecule has 0 aliphatic heterocycles. The monoisotopic (exact) mass is 249 g/mol. The van der Waals surface area contributed by atoms with Crippen molar-refractivity contribution in [2.45, 2.75) is 45.6 Å². The molecule has 1 rings (SSSR count). The van der Waals surface area contributed by atoms with Gasteiger partial charge in [-0.15, -0.1) is 0 Å². The molecule has 18 heavy (non-hydrogen) atoms. The molecule has 2 N–H and O–H groups in total. The van der Waals surface area contributed by atoms with Crippen LogP contribution in [0.4, 0.5) is 0 Å². The number of hydrogen-bond acceptors (Lipinski definition) is 3. The Hall–Kier alpha value is -1.35. The number of ether oxygens (including phenoxy) is 1. The molecule has 0 amide bonds. The number of benzene rings is 1. The fourth-order valence-electron chi connectivity index (χ4n) is 2.11.